The fraction of sp³-hybridized carbons (Fsp3) is 1.00. The minimum Gasteiger partial charge on any atom is -0.241 e. The molecule has 0 unspecified atom stereocenters. The molecule has 0 amide bonds. The molecular weight excluding hydrogens is 162 g/mol. The lowest BCUT2D eigenvalue weighted by Crippen LogP contribution is -2.48. The minimum absolute atomic E-state index is 0.667. The van der Waals surface area contributed by atoms with Gasteiger partial charge in [-0.05, 0) is 19.3 Å². The van der Waals surface area contributed by atoms with Crippen LogP contribution in [-0.4, -0.2) is 24.2 Å². The van der Waals surface area contributed by atoms with Crippen LogP contribution in [0.15, 0.2) is 0 Å². The van der Waals surface area contributed by atoms with E-state index in [0.717, 1.165) is 13.1 Å². The first-order valence-electron chi connectivity index (χ1n) is 5.64. The van der Waals surface area contributed by atoms with Crippen molar-refractivity contribution in [3.63, 3.8) is 0 Å². The Morgan fingerprint density at radius 2 is 2.00 bits per heavy atom. The van der Waals surface area contributed by atoms with Crippen LogP contribution in [0.4, 0.5) is 0 Å². The Hall–Kier alpha value is -0.120. The quantitative estimate of drug-likeness (QED) is 0.659. The highest BCUT2D eigenvalue weighted by Crippen LogP contribution is 2.06. The molecule has 1 heterocycles. The molecule has 0 aromatic heterocycles. The molecule has 3 heteroatoms. The van der Waals surface area contributed by atoms with Gasteiger partial charge in [-0.3, -0.25) is 0 Å². The second-order valence-electron chi connectivity index (χ2n) is 3.82. The lowest BCUT2D eigenvalue weighted by Gasteiger charge is -2.24. The van der Waals surface area contributed by atoms with Gasteiger partial charge in [-0.15, -0.1) is 0 Å². The van der Waals surface area contributed by atoms with Crippen molar-refractivity contribution in [2.45, 2.75) is 52.0 Å². The topological polar surface area (TPSA) is 27.3 Å². The fourth-order valence-electron chi connectivity index (χ4n) is 1.83. The summed E-state index contributed by atoms with van der Waals surface area (Å²) in [7, 11) is 0. The van der Waals surface area contributed by atoms with Crippen LogP contribution in [0.5, 0.6) is 0 Å². The van der Waals surface area contributed by atoms with Crippen LogP contribution < -0.4 is 10.9 Å². The Kier molecular flexibility index (Phi) is 5.35. The highest BCUT2D eigenvalue weighted by atomic mass is 15.7. The van der Waals surface area contributed by atoms with Crippen molar-refractivity contribution < 1.29 is 0 Å². The van der Waals surface area contributed by atoms with E-state index in [-0.39, 0.29) is 0 Å². The zero-order valence-corrected chi connectivity index (χ0v) is 8.97. The van der Waals surface area contributed by atoms with E-state index in [1.165, 1.54) is 32.1 Å². The van der Waals surface area contributed by atoms with Crippen LogP contribution in [0.2, 0.25) is 0 Å². The lowest BCUT2D eigenvalue weighted by atomic mass is 10.1. The third-order valence-electron chi connectivity index (χ3n) is 2.47. The van der Waals surface area contributed by atoms with Crippen molar-refractivity contribution in [2.24, 2.45) is 0 Å². The molecule has 0 spiro atoms. The van der Waals surface area contributed by atoms with Gasteiger partial charge in [-0.25, -0.2) is 10.9 Å². The minimum atomic E-state index is 0.667. The van der Waals surface area contributed by atoms with Crippen molar-refractivity contribution >= 4 is 0 Å². The molecule has 0 aromatic carbocycles. The van der Waals surface area contributed by atoms with E-state index in [1.54, 1.807) is 0 Å². The Labute approximate surface area is 81.8 Å². The van der Waals surface area contributed by atoms with Crippen molar-refractivity contribution in [1.29, 1.82) is 0 Å². The maximum atomic E-state index is 3.54. The van der Waals surface area contributed by atoms with E-state index in [4.69, 9.17) is 0 Å². The lowest BCUT2D eigenvalue weighted by molar-refractivity contribution is 0.127. The summed E-state index contributed by atoms with van der Waals surface area (Å²) in [6.45, 7) is 6.77. The monoisotopic (exact) mass is 185 g/mol. The van der Waals surface area contributed by atoms with Crippen LogP contribution >= 0.6 is 0 Å². The number of rotatable bonds is 6. The van der Waals surface area contributed by atoms with Gasteiger partial charge in [0.25, 0.3) is 0 Å². The number of nitrogens with one attached hydrogen (secondary N) is 2. The third-order valence-corrected chi connectivity index (χ3v) is 2.47. The van der Waals surface area contributed by atoms with Gasteiger partial charge in [-0.2, -0.15) is 5.12 Å². The summed E-state index contributed by atoms with van der Waals surface area (Å²) in [5.41, 5.74) is 6.87. The standard InChI is InChI=1S/C10H23N3/c1-3-6-10(7-4-2)12-13-9-5-8-11-13/h10-12H,3-9H2,1-2H3. The fourth-order valence-corrected chi connectivity index (χ4v) is 1.83. The number of hydrogen-bond donors (Lipinski definition) is 2. The van der Waals surface area contributed by atoms with Gasteiger partial charge in [0.15, 0.2) is 0 Å². The second-order valence-corrected chi connectivity index (χ2v) is 3.82. The summed E-state index contributed by atoms with van der Waals surface area (Å²) in [6, 6.07) is 0.667. The Morgan fingerprint density at radius 3 is 2.46 bits per heavy atom. The van der Waals surface area contributed by atoms with Gasteiger partial charge in [0.2, 0.25) is 0 Å². The third kappa shape index (κ3) is 4.07. The molecule has 0 bridgehead atoms. The van der Waals surface area contributed by atoms with Crippen LogP contribution in [0.25, 0.3) is 0 Å². The highest BCUT2D eigenvalue weighted by molar-refractivity contribution is 4.66. The average Bonchev–Trinajstić information content (AvgIpc) is 2.58. The van der Waals surface area contributed by atoms with E-state index >= 15 is 0 Å². The maximum Gasteiger partial charge on any atom is 0.0300 e. The van der Waals surface area contributed by atoms with Gasteiger partial charge in [0.1, 0.15) is 0 Å². The zero-order chi connectivity index (χ0) is 9.52. The Balaban J connectivity index is 2.19. The smallest absolute Gasteiger partial charge is 0.0300 e. The number of hydrazine groups is 2. The second kappa shape index (κ2) is 6.35. The van der Waals surface area contributed by atoms with Crippen LogP contribution in [0.3, 0.4) is 0 Å². The Morgan fingerprint density at radius 1 is 1.31 bits per heavy atom. The molecule has 1 aliphatic rings. The van der Waals surface area contributed by atoms with Crippen molar-refractivity contribution in [1.82, 2.24) is 16.0 Å². The predicted molar refractivity (Wildman–Crippen MR) is 56.1 cm³/mol. The first-order chi connectivity index (χ1) is 6.36. The number of hydrogen-bond acceptors (Lipinski definition) is 3. The summed E-state index contributed by atoms with van der Waals surface area (Å²) in [5, 5.41) is 2.16. The van der Waals surface area contributed by atoms with Gasteiger partial charge < -0.3 is 0 Å². The highest BCUT2D eigenvalue weighted by Gasteiger charge is 2.14. The van der Waals surface area contributed by atoms with Gasteiger partial charge in [-0.1, -0.05) is 26.7 Å². The first kappa shape index (κ1) is 11.0. The molecule has 13 heavy (non-hydrogen) atoms. The van der Waals surface area contributed by atoms with Gasteiger partial charge in [0, 0.05) is 19.1 Å². The molecule has 0 aliphatic carbocycles. The number of nitrogens with zero attached hydrogens (tertiary/aromatic N) is 1. The summed E-state index contributed by atoms with van der Waals surface area (Å²) >= 11 is 0. The summed E-state index contributed by atoms with van der Waals surface area (Å²) in [5.74, 6) is 0. The van der Waals surface area contributed by atoms with Gasteiger partial charge in [0.05, 0.1) is 0 Å². The molecule has 1 fully saturated rings. The molecule has 0 saturated carbocycles. The molecule has 3 nitrogen and oxygen atoms in total. The molecule has 78 valence electrons. The molecule has 1 aliphatic heterocycles. The van der Waals surface area contributed by atoms with Crippen LogP contribution in [0.1, 0.15) is 46.0 Å². The van der Waals surface area contributed by atoms with Gasteiger partial charge >= 0.3 is 0 Å². The van der Waals surface area contributed by atoms with E-state index < -0.39 is 0 Å². The summed E-state index contributed by atoms with van der Waals surface area (Å²) in [6.07, 6.45) is 6.37. The SMILES string of the molecule is CCCC(CCC)NN1CCCN1. The first-order valence-corrected chi connectivity index (χ1v) is 5.64. The summed E-state index contributed by atoms with van der Waals surface area (Å²) < 4.78 is 0. The molecular formula is C10H23N3. The van der Waals surface area contributed by atoms with E-state index in [9.17, 15) is 0 Å². The molecule has 0 atom stereocenters. The molecule has 2 N–H and O–H groups in total. The van der Waals surface area contributed by atoms with Crippen LogP contribution in [-0.2, 0) is 0 Å². The molecule has 0 aromatic rings. The van der Waals surface area contributed by atoms with Crippen molar-refractivity contribution in [3.8, 4) is 0 Å². The zero-order valence-electron chi connectivity index (χ0n) is 8.97. The maximum absolute atomic E-state index is 3.54. The molecule has 0 radical (unpaired) electrons. The normalized spacial score (nSPS) is 18.7. The molecule has 1 saturated heterocycles. The summed E-state index contributed by atoms with van der Waals surface area (Å²) in [4.78, 5) is 0. The van der Waals surface area contributed by atoms with Crippen molar-refractivity contribution in [2.75, 3.05) is 13.1 Å². The predicted octanol–water partition coefficient (Wildman–Crippen LogP) is 1.67. The van der Waals surface area contributed by atoms with E-state index in [2.05, 4.69) is 29.8 Å². The Bertz CT molecular complexity index is 115. The van der Waals surface area contributed by atoms with E-state index in [0.29, 0.717) is 6.04 Å². The van der Waals surface area contributed by atoms with Crippen LogP contribution in [0, 0.1) is 0 Å². The molecule has 1 rings (SSSR count). The van der Waals surface area contributed by atoms with E-state index in [1.807, 2.05) is 0 Å². The van der Waals surface area contributed by atoms with Crippen molar-refractivity contribution in [3.05, 3.63) is 0 Å². The average molecular weight is 185 g/mol. The largest absolute Gasteiger partial charge is 0.241 e.